The predicted octanol–water partition coefficient (Wildman–Crippen LogP) is 0.715. The molecule has 1 aliphatic heterocycles. The van der Waals surface area contributed by atoms with Crippen LogP contribution in [0.2, 0.25) is 0 Å². The molecule has 0 aliphatic carbocycles. The fourth-order valence-electron chi connectivity index (χ4n) is 1.73. The lowest BCUT2D eigenvalue weighted by Gasteiger charge is -2.12. The molecule has 0 saturated carbocycles. The monoisotopic (exact) mass is 249 g/mol. The minimum absolute atomic E-state index is 0.221. The van der Waals surface area contributed by atoms with Crippen molar-refractivity contribution >= 4 is 11.8 Å². The first-order chi connectivity index (χ1) is 8.79. The SMILES string of the molecule is O=C(NC1CNC/C1=N\O)OCc1ccccc1. The van der Waals surface area contributed by atoms with Gasteiger partial charge in [-0.2, -0.15) is 0 Å². The molecular formula is C12H15N3O3. The van der Waals surface area contributed by atoms with Crippen LogP contribution in [-0.2, 0) is 11.3 Å². The molecule has 1 fully saturated rings. The van der Waals surface area contributed by atoms with Crippen LogP contribution in [0.25, 0.3) is 0 Å². The van der Waals surface area contributed by atoms with Crippen molar-refractivity contribution in [3.05, 3.63) is 35.9 Å². The zero-order valence-corrected chi connectivity index (χ0v) is 9.80. The van der Waals surface area contributed by atoms with E-state index >= 15 is 0 Å². The van der Waals surface area contributed by atoms with Crippen LogP contribution in [0, 0.1) is 0 Å². The van der Waals surface area contributed by atoms with E-state index in [0.717, 1.165) is 5.56 Å². The maximum absolute atomic E-state index is 11.5. The highest BCUT2D eigenvalue weighted by Crippen LogP contribution is 2.02. The molecule has 18 heavy (non-hydrogen) atoms. The van der Waals surface area contributed by atoms with E-state index in [2.05, 4.69) is 15.8 Å². The lowest BCUT2D eigenvalue weighted by molar-refractivity contribution is 0.138. The van der Waals surface area contributed by atoms with Gasteiger partial charge in [-0.25, -0.2) is 4.79 Å². The van der Waals surface area contributed by atoms with Crippen LogP contribution < -0.4 is 10.6 Å². The third-order valence-corrected chi connectivity index (χ3v) is 2.69. The third kappa shape index (κ3) is 3.21. The first-order valence-electron chi connectivity index (χ1n) is 5.68. The van der Waals surface area contributed by atoms with Gasteiger partial charge in [-0.05, 0) is 5.56 Å². The van der Waals surface area contributed by atoms with Gasteiger partial charge in [0.15, 0.2) is 0 Å². The Morgan fingerprint density at radius 3 is 3.00 bits per heavy atom. The highest BCUT2D eigenvalue weighted by molar-refractivity contribution is 5.95. The molecule has 1 heterocycles. The van der Waals surface area contributed by atoms with Gasteiger partial charge in [0.25, 0.3) is 0 Å². The number of alkyl carbamates (subject to hydrolysis) is 1. The van der Waals surface area contributed by atoms with E-state index in [1.54, 1.807) is 0 Å². The fraction of sp³-hybridized carbons (Fsp3) is 0.333. The molecule has 0 aromatic heterocycles. The molecule has 1 aliphatic rings. The molecule has 1 aromatic rings. The lowest BCUT2D eigenvalue weighted by Crippen LogP contribution is -2.40. The fourth-order valence-corrected chi connectivity index (χ4v) is 1.73. The first-order valence-corrected chi connectivity index (χ1v) is 5.68. The van der Waals surface area contributed by atoms with Gasteiger partial charge < -0.3 is 20.6 Å². The summed E-state index contributed by atoms with van der Waals surface area (Å²) in [5, 5.41) is 17.5. The molecule has 1 amide bonds. The van der Waals surface area contributed by atoms with Crippen molar-refractivity contribution in [1.82, 2.24) is 10.6 Å². The number of amides is 1. The molecule has 2 rings (SSSR count). The largest absolute Gasteiger partial charge is 0.445 e. The zero-order chi connectivity index (χ0) is 12.8. The normalized spacial score (nSPS) is 20.9. The maximum Gasteiger partial charge on any atom is 0.408 e. The van der Waals surface area contributed by atoms with Gasteiger partial charge in [0.05, 0.1) is 11.8 Å². The lowest BCUT2D eigenvalue weighted by atomic mass is 10.2. The molecule has 3 N–H and O–H groups in total. The average Bonchev–Trinajstić information content (AvgIpc) is 2.85. The number of benzene rings is 1. The Morgan fingerprint density at radius 2 is 2.28 bits per heavy atom. The summed E-state index contributed by atoms with van der Waals surface area (Å²) >= 11 is 0. The highest BCUT2D eigenvalue weighted by Gasteiger charge is 2.24. The minimum Gasteiger partial charge on any atom is -0.445 e. The molecule has 6 heteroatoms. The molecule has 6 nitrogen and oxygen atoms in total. The summed E-state index contributed by atoms with van der Waals surface area (Å²) in [6.07, 6.45) is -0.520. The summed E-state index contributed by atoms with van der Waals surface area (Å²) in [5.41, 5.74) is 1.43. The van der Waals surface area contributed by atoms with Gasteiger partial charge >= 0.3 is 6.09 Å². The molecule has 96 valence electrons. The van der Waals surface area contributed by atoms with E-state index in [9.17, 15) is 4.79 Å². The van der Waals surface area contributed by atoms with E-state index < -0.39 is 6.09 Å². The number of rotatable bonds is 3. The Hall–Kier alpha value is -2.08. The number of nitrogens with one attached hydrogen (secondary N) is 2. The third-order valence-electron chi connectivity index (χ3n) is 2.69. The molecular weight excluding hydrogens is 234 g/mol. The van der Waals surface area contributed by atoms with Gasteiger partial charge in [0, 0.05) is 13.1 Å². The van der Waals surface area contributed by atoms with Gasteiger partial charge in [-0.3, -0.25) is 0 Å². The van der Waals surface area contributed by atoms with Crippen molar-refractivity contribution in [3.63, 3.8) is 0 Å². The Balaban J connectivity index is 1.79. The number of carbonyl (C=O) groups is 1. The number of hydrogen-bond donors (Lipinski definition) is 3. The van der Waals surface area contributed by atoms with Crippen LogP contribution in [0.1, 0.15) is 5.56 Å². The summed E-state index contributed by atoms with van der Waals surface area (Å²) < 4.78 is 5.07. The highest BCUT2D eigenvalue weighted by atomic mass is 16.5. The van der Waals surface area contributed by atoms with E-state index in [0.29, 0.717) is 18.8 Å². The Labute approximate surface area is 105 Å². The molecule has 1 unspecified atom stereocenters. The van der Waals surface area contributed by atoms with Gasteiger partial charge in [-0.1, -0.05) is 35.5 Å². The van der Waals surface area contributed by atoms with E-state index in [1.165, 1.54) is 0 Å². The van der Waals surface area contributed by atoms with Crippen molar-refractivity contribution in [1.29, 1.82) is 0 Å². The van der Waals surface area contributed by atoms with Crippen LogP contribution in [0.4, 0.5) is 4.79 Å². The molecule has 1 atom stereocenters. The van der Waals surface area contributed by atoms with E-state index in [1.807, 2.05) is 30.3 Å². The van der Waals surface area contributed by atoms with E-state index in [-0.39, 0.29) is 12.6 Å². The van der Waals surface area contributed by atoms with Gasteiger partial charge in [0.1, 0.15) is 6.61 Å². The van der Waals surface area contributed by atoms with Crippen LogP contribution in [0.3, 0.4) is 0 Å². The summed E-state index contributed by atoms with van der Waals surface area (Å²) in [7, 11) is 0. The number of ether oxygens (including phenoxy) is 1. The topological polar surface area (TPSA) is 83.0 Å². The molecule has 0 bridgehead atoms. The second-order valence-corrected chi connectivity index (χ2v) is 3.98. The minimum atomic E-state index is -0.520. The first kappa shape index (κ1) is 12.4. The van der Waals surface area contributed by atoms with Crippen LogP contribution in [0.15, 0.2) is 35.5 Å². The Morgan fingerprint density at radius 1 is 1.50 bits per heavy atom. The van der Waals surface area contributed by atoms with Crippen molar-refractivity contribution < 1.29 is 14.7 Å². The smallest absolute Gasteiger partial charge is 0.408 e. The molecule has 0 spiro atoms. The predicted molar refractivity (Wildman–Crippen MR) is 65.6 cm³/mol. The van der Waals surface area contributed by atoms with Gasteiger partial charge in [0.2, 0.25) is 0 Å². The van der Waals surface area contributed by atoms with Crippen molar-refractivity contribution in [2.45, 2.75) is 12.6 Å². The number of carbonyl (C=O) groups excluding carboxylic acids is 1. The van der Waals surface area contributed by atoms with Crippen LogP contribution in [0.5, 0.6) is 0 Å². The van der Waals surface area contributed by atoms with Crippen LogP contribution >= 0.6 is 0 Å². The summed E-state index contributed by atoms with van der Waals surface area (Å²) in [4.78, 5) is 11.5. The number of hydrogen-bond acceptors (Lipinski definition) is 5. The molecule has 1 saturated heterocycles. The summed E-state index contributed by atoms with van der Waals surface area (Å²) in [6.45, 7) is 1.23. The number of nitrogens with zero attached hydrogens (tertiary/aromatic N) is 1. The zero-order valence-electron chi connectivity index (χ0n) is 9.80. The quantitative estimate of drug-likeness (QED) is 0.544. The summed E-state index contributed by atoms with van der Waals surface area (Å²) in [5.74, 6) is 0. The standard InChI is InChI=1S/C12H15N3O3/c16-12(14-10-6-13-7-11(10)15-17)18-8-9-4-2-1-3-5-9/h1-5,10,13,17H,6-8H2,(H,14,16)/b15-11+. The van der Waals surface area contributed by atoms with Crippen LogP contribution in [-0.4, -0.2) is 36.1 Å². The Bertz CT molecular complexity index is 433. The second kappa shape index (κ2) is 6.02. The maximum atomic E-state index is 11.5. The van der Waals surface area contributed by atoms with Gasteiger partial charge in [-0.15, -0.1) is 0 Å². The van der Waals surface area contributed by atoms with Crippen molar-refractivity contribution in [2.75, 3.05) is 13.1 Å². The van der Waals surface area contributed by atoms with Crippen molar-refractivity contribution in [3.8, 4) is 0 Å². The average molecular weight is 249 g/mol. The summed E-state index contributed by atoms with van der Waals surface area (Å²) in [6, 6.07) is 9.12. The number of oxime groups is 1. The molecule has 0 radical (unpaired) electrons. The Kier molecular flexibility index (Phi) is 4.14. The molecule has 1 aromatic carbocycles. The van der Waals surface area contributed by atoms with Crippen molar-refractivity contribution in [2.24, 2.45) is 5.16 Å². The second-order valence-electron chi connectivity index (χ2n) is 3.98. The van der Waals surface area contributed by atoms with E-state index in [4.69, 9.17) is 9.94 Å².